The van der Waals surface area contributed by atoms with Gasteiger partial charge in [-0.3, -0.25) is 0 Å². The molecule has 0 aromatic heterocycles. The Morgan fingerprint density at radius 1 is 1.16 bits per heavy atom. The molecule has 2 bridgehead atoms. The van der Waals surface area contributed by atoms with Crippen molar-refractivity contribution >= 4 is 7.12 Å². The second kappa shape index (κ2) is 3.81. The summed E-state index contributed by atoms with van der Waals surface area (Å²) in [4.78, 5) is 0. The first-order valence-corrected chi connectivity index (χ1v) is 8.08. The summed E-state index contributed by atoms with van der Waals surface area (Å²) in [5.41, 5.74) is 0.253. The topological polar surface area (TPSA) is 18.5 Å². The largest absolute Gasteiger partial charge is 0.537 e. The summed E-state index contributed by atoms with van der Waals surface area (Å²) in [6, 6.07) is 0. The molecule has 5 rings (SSSR count). The van der Waals surface area contributed by atoms with Crippen LogP contribution in [-0.2, 0) is 9.31 Å². The van der Waals surface area contributed by atoms with Gasteiger partial charge in [0.05, 0.1) is 0 Å². The average Bonchev–Trinajstić information content (AvgIpc) is 2.76. The van der Waals surface area contributed by atoms with Gasteiger partial charge in [-0.2, -0.15) is 0 Å². The smallest absolute Gasteiger partial charge is 0.529 e. The molecule has 0 spiro atoms. The number of rotatable bonds is 1. The van der Waals surface area contributed by atoms with Crippen molar-refractivity contribution in [1.82, 2.24) is 0 Å². The normalized spacial score (nSPS) is 44.2. The van der Waals surface area contributed by atoms with Crippen molar-refractivity contribution in [2.24, 2.45) is 17.3 Å². The Balaban J connectivity index is 1.58. The summed E-state index contributed by atoms with van der Waals surface area (Å²) in [5, 5.41) is 0. The third-order valence-electron chi connectivity index (χ3n) is 6.49. The van der Waals surface area contributed by atoms with Crippen LogP contribution >= 0.6 is 0 Å². The SMILES string of the molecule is CC1(C)[C@@H]2C=C3OB(C4CCCCC4)O[C@@]3(C)[C@H]1C2. The highest BCUT2D eigenvalue weighted by Crippen LogP contribution is 2.65. The molecule has 0 aromatic carbocycles. The molecule has 0 aromatic rings. The molecule has 5 aliphatic rings. The summed E-state index contributed by atoms with van der Waals surface area (Å²) in [7, 11) is 0.0340. The Morgan fingerprint density at radius 3 is 2.58 bits per heavy atom. The van der Waals surface area contributed by atoms with Crippen molar-refractivity contribution in [2.45, 2.75) is 70.7 Å². The van der Waals surface area contributed by atoms with E-state index in [1.807, 2.05) is 0 Å². The summed E-state index contributed by atoms with van der Waals surface area (Å²) in [6.07, 6.45) is 10.3. The van der Waals surface area contributed by atoms with E-state index in [1.54, 1.807) is 0 Å². The van der Waals surface area contributed by atoms with E-state index in [9.17, 15) is 0 Å². The maximum absolute atomic E-state index is 6.49. The Bertz CT molecular complexity index is 424. The molecule has 19 heavy (non-hydrogen) atoms. The van der Waals surface area contributed by atoms with Crippen molar-refractivity contribution in [3.63, 3.8) is 0 Å². The van der Waals surface area contributed by atoms with E-state index in [0.29, 0.717) is 23.1 Å². The molecule has 3 fully saturated rings. The zero-order valence-corrected chi connectivity index (χ0v) is 12.4. The van der Waals surface area contributed by atoms with Crippen LogP contribution in [0.25, 0.3) is 0 Å². The van der Waals surface area contributed by atoms with Crippen molar-refractivity contribution in [3.8, 4) is 0 Å². The molecule has 3 atom stereocenters. The summed E-state index contributed by atoms with van der Waals surface area (Å²) >= 11 is 0. The molecule has 1 saturated heterocycles. The van der Waals surface area contributed by atoms with Gasteiger partial charge < -0.3 is 9.31 Å². The van der Waals surface area contributed by atoms with E-state index < -0.39 is 0 Å². The highest BCUT2D eigenvalue weighted by Gasteiger charge is 2.65. The van der Waals surface area contributed by atoms with Gasteiger partial charge in [-0.05, 0) is 36.7 Å². The van der Waals surface area contributed by atoms with Gasteiger partial charge in [-0.25, -0.2) is 0 Å². The third-order valence-corrected chi connectivity index (χ3v) is 6.49. The van der Waals surface area contributed by atoms with Gasteiger partial charge in [0.15, 0.2) is 0 Å². The van der Waals surface area contributed by atoms with E-state index in [2.05, 4.69) is 26.8 Å². The monoisotopic (exact) mass is 260 g/mol. The lowest BCUT2D eigenvalue weighted by Crippen LogP contribution is -2.59. The zero-order valence-electron chi connectivity index (χ0n) is 12.4. The van der Waals surface area contributed by atoms with Crippen LogP contribution in [0, 0.1) is 17.3 Å². The third kappa shape index (κ3) is 1.54. The van der Waals surface area contributed by atoms with Crippen LogP contribution in [0.15, 0.2) is 11.8 Å². The minimum Gasteiger partial charge on any atom is -0.537 e. The van der Waals surface area contributed by atoms with Crippen molar-refractivity contribution in [3.05, 3.63) is 11.8 Å². The first-order chi connectivity index (χ1) is 9.02. The second-order valence-electron chi connectivity index (χ2n) is 7.86. The Morgan fingerprint density at radius 2 is 1.89 bits per heavy atom. The predicted octanol–water partition coefficient (Wildman–Crippen LogP) is 4.17. The van der Waals surface area contributed by atoms with Crippen LogP contribution in [0.4, 0.5) is 0 Å². The number of hydrogen-bond donors (Lipinski definition) is 0. The first-order valence-electron chi connectivity index (χ1n) is 8.08. The molecule has 1 heterocycles. The molecule has 3 heteroatoms. The van der Waals surface area contributed by atoms with Gasteiger partial charge in [0.2, 0.25) is 0 Å². The lowest BCUT2D eigenvalue weighted by atomic mass is 9.46. The minimum atomic E-state index is -0.139. The molecule has 0 unspecified atom stereocenters. The molecule has 104 valence electrons. The van der Waals surface area contributed by atoms with Crippen LogP contribution in [0.1, 0.15) is 59.3 Å². The highest BCUT2D eigenvalue weighted by atomic mass is 16.7. The molecule has 1 aliphatic heterocycles. The van der Waals surface area contributed by atoms with Gasteiger partial charge in [-0.15, -0.1) is 0 Å². The van der Waals surface area contributed by atoms with Crippen LogP contribution in [0.2, 0.25) is 5.82 Å². The van der Waals surface area contributed by atoms with Crippen molar-refractivity contribution in [1.29, 1.82) is 0 Å². The molecular formula is C16H25BO2. The summed E-state index contributed by atoms with van der Waals surface area (Å²) < 4.78 is 12.7. The van der Waals surface area contributed by atoms with E-state index in [0.717, 1.165) is 5.76 Å². The lowest BCUT2D eigenvalue weighted by Gasteiger charge is -2.60. The minimum absolute atomic E-state index is 0.0340. The Labute approximate surface area is 117 Å². The fraction of sp³-hybridized carbons (Fsp3) is 0.875. The van der Waals surface area contributed by atoms with Crippen molar-refractivity contribution in [2.75, 3.05) is 0 Å². The van der Waals surface area contributed by atoms with Crippen LogP contribution < -0.4 is 0 Å². The van der Waals surface area contributed by atoms with Crippen molar-refractivity contribution < 1.29 is 9.31 Å². The lowest BCUT2D eigenvalue weighted by molar-refractivity contribution is -0.114. The molecule has 0 radical (unpaired) electrons. The molecule has 0 N–H and O–H groups in total. The van der Waals surface area contributed by atoms with Crippen LogP contribution in [-0.4, -0.2) is 12.7 Å². The molecule has 4 aliphatic carbocycles. The van der Waals surface area contributed by atoms with Crippen LogP contribution in [0.5, 0.6) is 0 Å². The summed E-state index contributed by atoms with van der Waals surface area (Å²) in [6.45, 7) is 7.05. The average molecular weight is 260 g/mol. The predicted molar refractivity (Wildman–Crippen MR) is 76.6 cm³/mol. The summed E-state index contributed by atoms with van der Waals surface area (Å²) in [5.74, 6) is 3.12. The molecule has 2 nitrogen and oxygen atoms in total. The van der Waals surface area contributed by atoms with E-state index in [4.69, 9.17) is 9.31 Å². The molecular weight excluding hydrogens is 235 g/mol. The number of allylic oxidation sites excluding steroid dienone is 1. The molecule has 0 amide bonds. The Kier molecular flexibility index (Phi) is 2.47. The number of hydrogen-bond acceptors (Lipinski definition) is 2. The molecule has 2 saturated carbocycles. The van der Waals surface area contributed by atoms with E-state index in [-0.39, 0.29) is 12.7 Å². The van der Waals surface area contributed by atoms with Crippen LogP contribution in [0.3, 0.4) is 0 Å². The van der Waals surface area contributed by atoms with Gasteiger partial charge in [-0.1, -0.05) is 46.0 Å². The highest BCUT2D eigenvalue weighted by molar-refractivity contribution is 6.47. The maximum Gasteiger partial charge on any atom is 0.529 e. The van der Waals surface area contributed by atoms with Gasteiger partial charge in [0.25, 0.3) is 0 Å². The first kappa shape index (κ1) is 12.3. The maximum atomic E-state index is 6.49. The van der Waals surface area contributed by atoms with Gasteiger partial charge in [0.1, 0.15) is 11.4 Å². The van der Waals surface area contributed by atoms with E-state index >= 15 is 0 Å². The Hall–Kier alpha value is -0.435. The standard InChI is InChI=1S/C16H25BO2/c1-15(2)11-9-13(15)16(3)14(10-11)18-17(19-16)12-7-5-4-6-8-12/h10-13H,4-9H2,1-3H3/t11-,13-,16-/m0/s1. The van der Waals surface area contributed by atoms with E-state index in [1.165, 1.54) is 38.5 Å². The fourth-order valence-electron chi connectivity index (χ4n) is 4.98. The fourth-order valence-corrected chi connectivity index (χ4v) is 4.98. The zero-order chi connectivity index (χ0) is 13.3. The second-order valence-corrected chi connectivity index (χ2v) is 7.86. The quantitative estimate of drug-likeness (QED) is 0.658. The van der Waals surface area contributed by atoms with Gasteiger partial charge >= 0.3 is 7.12 Å². The van der Waals surface area contributed by atoms with Gasteiger partial charge in [0, 0.05) is 5.82 Å².